The predicted octanol–water partition coefficient (Wildman–Crippen LogP) is 1.95. The lowest BCUT2D eigenvalue weighted by Crippen LogP contribution is -2.46. The van der Waals surface area contributed by atoms with Crippen LogP contribution in [0.4, 0.5) is 13.2 Å². The summed E-state index contributed by atoms with van der Waals surface area (Å²) < 4.78 is 42.2. The van der Waals surface area contributed by atoms with Crippen LogP contribution < -0.4 is 5.32 Å². The second-order valence-corrected chi connectivity index (χ2v) is 4.02. The van der Waals surface area contributed by atoms with Crippen molar-refractivity contribution in [2.24, 2.45) is 5.92 Å². The van der Waals surface area contributed by atoms with Gasteiger partial charge in [-0.1, -0.05) is 6.92 Å². The van der Waals surface area contributed by atoms with Crippen LogP contribution in [-0.2, 0) is 4.74 Å². The van der Waals surface area contributed by atoms with Crippen molar-refractivity contribution >= 4 is 0 Å². The van der Waals surface area contributed by atoms with Gasteiger partial charge in [-0.2, -0.15) is 13.2 Å². The maximum Gasteiger partial charge on any atom is 0.406 e. The third-order valence-electron chi connectivity index (χ3n) is 2.53. The second-order valence-electron chi connectivity index (χ2n) is 4.02. The van der Waals surface area contributed by atoms with E-state index < -0.39 is 11.7 Å². The molecule has 1 rings (SSSR count). The van der Waals surface area contributed by atoms with Crippen LogP contribution >= 0.6 is 0 Å². The summed E-state index contributed by atoms with van der Waals surface area (Å²) in [5, 5.41) is 2.59. The van der Waals surface area contributed by atoms with Crippen LogP contribution in [0.3, 0.4) is 0 Å². The monoisotopic (exact) mass is 211 g/mol. The van der Waals surface area contributed by atoms with Gasteiger partial charge in [0.2, 0.25) is 0 Å². The van der Waals surface area contributed by atoms with E-state index in [4.69, 9.17) is 4.74 Å². The molecule has 0 radical (unpaired) electrons. The molecule has 1 N–H and O–H groups in total. The van der Waals surface area contributed by atoms with Gasteiger partial charge in [-0.3, -0.25) is 0 Å². The first kappa shape index (κ1) is 11.8. The van der Waals surface area contributed by atoms with Crippen LogP contribution in [0.1, 0.15) is 19.8 Å². The highest BCUT2D eigenvalue weighted by Crippen LogP contribution is 2.48. The van der Waals surface area contributed by atoms with Crippen molar-refractivity contribution in [1.82, 2.24) is 5.32 Å². The van der Waals surface area contributed by atoms with Gasteiger partial charge < -0.3 is 10.1 Å². The van der Waals surface area contributed by atoms with Gasteiger partial charge >= 0.3 is 6.18 Å². The van der Waals surface area contributed by atoms with E-state index in [1.165, 1.54) is 0 Å². The Morgan fingerprint density at radius 3 is 2.36 bits per heavy atom. The number of hydrogen-bond donors (Lipinski definition) is 1. The number of alkyl halides is 3. The smallest absolute Gasteiger partial charge is 0.384 e. The van der Waals surface area contributed by atoms with Crippen LogP contribution in [0.25, 0.3) is 0 Å². The molecule has 0 bridgehead atoms. The Morgan fingerprint density at radius 1 is 1.43 bits per heavy atom. The van der Waals surface area contributed by atoms with E-state index in [-0.39, 0.29) is 18.8 Å². The van der Waals surface area contributed by atoms with Crippen molar-refractivity contribution in [3.8, 4) is 0 Å². The molecule has 5 heteroatoms. The lowest BCUT2D eigenvalue weighted by atomic mass is 10.1. The van der Waals surface area contributed by atoms with E-state index in [2.05, 4.69) is 5.32 Å². The van der Waals surface area contributed by atoms with Gasteiger partial charge in [0.05, 0.1) is 0 Å². The van der Waals surface area contributed by atoms with Crippen LogP contribution in [0, 0.1) is 5.92 Å². The lowest BCUT2D eigenvalue weighted by Gasteiger charge is -2.22. The van der Waals surface area contributed by atoms with Crippen molar-refractivity contribution in [3.05, 3.63) is 0 Å². The molecule has 1 saturated carbocycles. The van der Waals surface area contributed by atoms with Crippen LogP contribution in [-0.4, -0.2) is 32.0 Å². The zero-order valence-electron chi connectivity index (χ0n) is 8.45. The van der Waals surface area contributed by atoms with Gasteiger partial charge in [0.1, 0.15) is 5.54 Å². The molecule has 14 heavy (non-hydrogen) atoms. The lowest BCUT2D eigenvalue weighted by molar-refractivity contribution is -0.166. The Balaban J connectivity index is 2.31. The van der Waals surface area contributed by atoms with Gasteiger partial charge in [-0.25, -0.2) is 0 Å². The number of methoxy groups -OCH3 is 1. The number of ether oxygens (including phenoxy) is 1. The first-order valence-electron chi connectivity index (χ1n) is 4.72. The maximum absolute atomic E-state index is 12.4. The van der Waals surface area contributed by atoms with Gasteiger partial charge in [0.15, 0.2) is 0 Å². The molecule has 0 saturated heterocycles. The standard InChI is InChI=1S/C9H16F3NO/c1-7(6-14-2)5-13-8(3-4-8)9(10,11)12/h7,13H,3-6H2,1-2H3. The van der Waals surface area contributed by atoms with Gasteiger partial charge in [-0.15, -0.1) is 0 Å². The largest absolute Gasteiger partial charge is 0.406 e. The average molecular weight is 211 g/mol. The second kappa shape index (κ2) is 4.06. The van der Waals surface area contributed by atoms with Crippen molar-refractivity contribution in [3.63, 3.8) is 0 Å². The van der Waals surface area contributed by atoms with Crippen molar-refractivity contribution in [2.75, 3.05) is 20.3 Å². The third-order valence-corrected chi connectivity index (χ3v) is 2.53. The SMILES string of the molecule is COCC(C)CNC1(C(F)(F)F)CC1. The summed E-state index contributed by atoms with van der Waals surface area (Å²) in [5.41, 5.74) is -1.59. The first-order chi connectivity index (χ1) is 6.41. The molecular formula is C9H16F3NO. The molecule has 0 aliphatic heterocycles. The average Bonchev–Trinajstić information content (AvgIpc) is 2.80. The molecule has 0 aromatic heterocycles. The highest BCUT2D eigenvalue weighted by Gasteiger charge is 2.62. The summed E-state index contributed by atoms with van der Waals surface area (Å²) in [6, 6.07) is 0. The summed E-state index contributed by atoms with van der Waals surface area (Å²) in [4.78, 5) is 0. The summed E-state index contributed by atoms with van der Waals surface area (Å²) in [5.74, 6) is 0.111. The summed E-state index contributed by atoms with van der Waals surface area (Å²) in [6.45, 7) is 2.71. The minimum atomic E-state index is -4.11. The molecule has 1 aliphatic carbocycles. The molecule has 0 spiro atoms. The van der Waals surface area contributed by atoms with E-state index in [0.717, 1.165) is 0 Å². The van der Waals surface area contributed by atoms with E-state index in [9.17, 15) is 13.2 Å². The minimum Gasteiger partial charge on any atom is -0.384 e. The Labute approximate surface area is 81.8 Å². The number of hydrogen-bond acceptors (Lipinski definition) is 2. The Morgan fingerprint density at radius 2 is 2.00 bits per heavy atom. The van der Waals surface area contributed by atoms with Crippen LogP contribution in [0.15, 0.2) is 0 Å². The first-order valence-corrected chi connectivity index (χ1v) is 4.72. The Kier molecular flexibility index (Phi) is 3.42. The molecule has 1 fully saturated rings. The molecule has 1 atom stereocenters. The predicted molar refractivity (Wildman–Crippen MR) is 47.1 cm³/mol. The topological polar surface area (TPSA) is 21.3 Å². The van der Waals surface area contributed by atoms with E-state index >= 15 is 0 Å². The molecule has 0 aromatic rings. The number of nitrogens with one attached hydrogen (secondary N) is 1. The van der Waals surface area contributed by atoms with Crippen LogP contribution in [0.2, 0.25) is 0 Å². The Bertz CT molecular complexity index is 189. The van der Waals surface area contributed by atoms with Crippen LogP contribution in [0.5, 0.6) is 0 Å². The van der Waals surface area contributed by atoms with Crippen molar-refractivity contribution in [1.29, 1.82) is 0 Å². The summed E-state index contributed by atoms with van der Waals surface area (Å²) in [7, 11) is 1.55. The fourth-order valence-corrected chi connectivity index (χ4v) is 1.40. The zero-order valence-corrected chi connectivity index (χ0v) is 8.45. The quantitative estimate of drug-likeness (QED) is 0.750. The zero-order chi connectivity index (χ0) is 10.8. The van der Waals surface area contributed by atoms with E-state index in [1.54, 1.807) is 7.11 Å². The number of rotatable bonds is 5. The molecular weight excluding hydrogens is 195 g/mol. The van der Waals surface area contributed by atoms with Gasteiger partial charge in [-0.05, 0) is 18.8 Å². The van der Waals surface area contributed by atoms with Gasteiger partial charge in [0.25, 0.3) is 0 Å². The fourth-order valence-electron chi connectivity index (χ4n) is 1.40. The van der Waals surface area contributed by atoms with Gasteiger partial charge in [0, 0.05) is 20.3 Å². The van der Waals surface area contributed by atoms with E-state index in [1.807, 2.05) is 6.92 Å². The number of halogens is 3. The highest BCUT2D eigenvalue weighted by molar-refractivity contribution is 5.07. The highest BCUT2D eigenvalue weighted by atomic mass is 19.4. The van der Waals surface area contributed by atoms with E-state index in [0.29, 0.717) is 13.2 Å². The molecule has 0 amide bonds. The molecule has 2 nitrogen and oxygen atoms in total. The third kappa shape index (κ3) is 2.60. The van der Waals surface area contributed by atoms with Crippen molar-refractivity contribution in [2.45, 2.75) is 31.5 Å². The Hall–Kier alpha value is -0.290. The fraction of sp³-hybridized carbons (Fsp3) is 1.00. The molecule has 0 heterocycles. The summed E-state index contributed by atoms with van der Waals surface area (Å²) >= 11 is 0. The summed E-state index contributed by atoms with van der Waals surface area (Å²) in [6.07, 6.45) is -3.70. The molecule has 1 unspecified atom stereocenters. The maximum atomic E-state index is 12.4. The molecule has 1 aliphatic rings. The normalized spacial score (nSPS) is 22.1. The minimum absolute atomic E-state index is 0.111. The molecule has 0 aromatic carbocycles. The molecule has 84 valence electrons. The van der Waals surface area contributed by atoms with Crippen molar-refractivity contribution < 1.29 is 17.9 Å².